The van der Waals surface area contributed by atoms with Crippen molar-refractivity contribution in [1.29, 1.82) is 0 Å². The zero-order valence-corrected chi connectivity index (χ0v) is 21.0. The molecule has 0 saturated carbocycles. The zero-order valence-electron chi connectivity index (χ0n) is 20.2. The first kappa shape index (κ1) is 23.9. The van der Waals surface area contributed by atoms with Crippen LogP contribution in [0.3, 0.4) is 0 Å². The van der Waals surface area contributed by atoms with Crippen LogP contribution < -0.4 is 15.0 Å². The molecule has 3 amide bonds. The molecule has 6 nitrogen and oxygen atoms in total. The highest BCUT2D eigenvalue weighted by Gasteiger charge is 2.35. The van der Waals surface area contributed by atoms with Crippen molar-refractivity contribution in [2.24, 2.45) is 0 Å². The molecule has 0 aliphatic carbocycles. The van der Waals surface area contributed by atoms with Crippen LogP contribution in [0.5, 0.6) is 5.75 Å². The molecule has 2 aliphatic heterocycles. The number of carbonyl (C=O) groups is 2. The van der Waals surface area contributed by atoms with E-state index in [9.17, 15) is 9.59 Å². The van der Waals surface area contributed by atoms with Crippen LogP contribution in [0, 0.1) is 0 Å². The molecule has 2 heterocycles. The van der Waals surface area contributed by atoms with Crippen LogP contribution >= 0.6 is 11.6 Å². The van der Waals surface area contributed by atoms with E-state index < -0.39 is 6.03 Å². The summed E-state index contributed by atoms with van der Waals surface area (Å²) < 4.78 is 5.71. The fraction of sp³-hybridized carbons (Fsp3) is 0.333. The molecular weight excluding hydrogens is 450 g/mol. The first-order chi connectivity index (χ1) is 16.1. The van der Waals surface area contributed by atoms with Crippen molar-refractivity contribution in [3.8, 4) is 5.75 Å². The number of nitrogens with one attached hydrogen (secondary N) is 1. The molecule has 0 atom stereocenters. The van der Waals surface area contributed by atoms with E-state index in [1.54, 1.807) is 37.5 Å². The lowest BCUT2D eigenvalue weighted by Crippen LogP contribution is -2.45. The summed E-state index contributed by atoms with van der Waals surface area (Å²) in [5, 5.41) is 3.31. The quantitative estimate of drug-likeness (QED) is 0.416. The second-order valence-electron chi connectivity index (χ2n) is 9.25. The number of anilines is 1. The number of halogens is 1. The summed E-state index contributed by atoms with van der Waals surface area (Å²) in [4.78, 5) is 29.2. The minimum absolute atomic E-state index is 0.115. The van der Waals surface area contributed by atoms with Crippen LogP contribution in [0.4, 0.5) is 10.5 Å². The van der Waals surface area contributed by atoms with Crippen LogP contribution in [-0.4, -0.2) is 36.0 Å². The van der Waals surface area contributed by atoms with E-state index >= 15 is 0 Å². The molecule has 1 saturated heterocycles. The molecule has 2 aromatic rings. The number of fused-ring (bicyclic) bond motifs is 1. The Labute approximate surface area is 205 Å². The van der Waals surface area contributed by atoms with Gasteiger partial charge in [-0.15, -0.1) is 0 Å². The lowest BCUT2D eigenvalue weighted by Gasteiger charge is -2.43. The summed E-state index contributed by atoms with van der Waals surface area (Å²) in [6.07, 6.45) is 4.98. The maximum Gasteiger partial charge on any atom is 0.329 e. The number of amides is 3. The van der Waals surface area contributed by atoms with Gasteiger partial charge < -0.3 is 15.0 Å². The molecule has 1 fully saturated rings. The highest BCUT2D eigenvalue weighted by atomic mass is 35.5. The maximum absolute atomic E-state index is 13.1. The Morgan fingerprint density at radius 3 is 2.50 bits per heavy atom. The smallest absolute Gasteiger partial charge is 0.329 e. The molecule has 2 aromatic carbocycles. The second kappa shape index (κ2) is 9.18. The lowest BCUT2D eigenvalue weighted by molar-refractivity contribution is -0.123. The van der Waals surface area contributed by atoms with Crippen molar-refractivity contribution >= 4 is 40.9 Å². The summed E-state index contributed by atoms with van der Waals surface area (Å²) in [5.41, 5.74) is 5.03. The van der Waals surface area contributed by atoms with Gasteiger partial charge in [-0.1, -0.05) is 36.7 Å². The van der Waals surface area contributed by atoms with Gasteiger partial charge in [0.15, 0.2) is 0 Å². The van der Waals surface area contributed by atoms with Crippen molar-refractivity contribution in [3.05, 3.63) is 69.9 Å². The number of hydrogen-bond donors (Lipinski definition) is 1. The van der Waals surface area contributed by atoms with E-state index in [0.717, 1.165) is 35.3 Å². The zero-order chi connectivity index (χ0) is 24.6. The van der Waals surface area contributed by atoms with E-state index in [2.05, 4.69) is 44.0 Å². The Morgan fingerprint density at radius 2 is 1.85 bits per heavy atom. The fourth-order valence-corrected chi connectivity index (χ4v) is 4.81. The molecule has 1 N–H and O–H groups in total. The van der Waals surface area contributed by atoms with Crippen LogP contribution in [0.15, 0.2) is 48.2 Å². The molecule has 0 unspecified atom stereocenters. The summed E-state index contributed by atoms with van der Waals surface area (Å²) >= 11 is 5.94. The molecule has 0 bridgehead atoms. The lowest BCUT2D eigenvalue weighted by atomic mass is 9.87. The number of benzene rings is 2. The SMILES string of the molecule is CCCN1c2cc(OC)c(/C=C3/NC(=O)N(Cc4ccc(Cl)cc4)C3=O)cc2C(C)=CC1(C)C. The summed E-state index contributed by atoms with van der Waals surface area (Å²) in [7, 11) is 1.62. The Hall–Kier alpha value is -3.25. The third kappa shape index (κ3) is 4.42. The van der Waals surface area contributed by atoms with Gasteiger partial charge in [0.1, 0.15) is 11.4 Å². The highest BCUT2D eigenvalue weighted by molar-refractivity contribution is 6.30. The molecule has 0 aromatic heterocycles. The van der Waals surface area contributed by atoms with E-state index in [4.69, 9.17) is 16.3 Å². The number of imide groups is 1. The standard InChI is InChI=1S/C27H30ClN3O3/c1-6-11-31-23-14-24(34-5)19(12-21(23)17(2)15-27(31,3)4)13-22-25(32)30(26(33)29-22)16-18-7-9-20(28)10-8-18/h7-10,12-15H,6,11,16H2,1-5H3,(H,29,33)/b22-13+. The molecule has 4 rings (SSSR count). The number of carbonyl (C=O) groups excluding carboxylic acids is 2. The Balaban J connectivity index is 1.69. The molecule has 178 valence electrons. The minimum Gasteiger partial charge on any atom is -0.496 e. The second-order valence-corrected chi connectivity index (χ2v) is 9.69. The van der Waals surface area contributed by atoms with Crippen LogP contribution in [0.2, 0.25) is 5.02 Å². The van der Waals surface area contributed by atoms with Crippen LogP contribution in [0.25, 0.3) is 11.6 Å². The van der Waals surface area contributed by atoms with Gasteiger partial charge in [0.2, 0.25) is 0 Å². The van der Waals surface area contributed by atoms with Crippen molar-refractivity contribution in [2.45, 2.75) is 46.2 Å². The van der Waals surface area contributed by atoms with Crippen molar-refractivity contribution in [1.82, 2.24) is 10.2 Å². The van der Waals surface area contributed by atoms with E-state index in [0.29, 0.717) is 10.8 Å². The Bertz CT molecular complexity index is 1200. The van der Waals surface area contributed by atoms with Gasteiger partial charge in [0.05, 0.1) is 19.2 Å². The van der Waals surface area contributed by atoms with Gasteiger partial charge in [-0.2, -0.15) is 0 Å². The number of methoxy groups -OCH3 is 1. The molecule has 0 spiro atoms. The van der Waals surface area contributed by atoms with Gasteiger partial charge in [0, 0.05) is 34.4 Å². The number of ether oxygens (including phenoxy) is 1. The third-order valence-electron chi connectivity index (χ3n) is 6.29. The Kier molecular flexibility index (Phi) is 6.45. The predicted octanol–water partition coefficient (Wildman–Crippen LogP) is 5.85. The molecule has 34 heavy (non-hydrogen) atoms. The summed E-state index contributed by atoms with van der Waals surface area (Å²) in [6, 6.07) is 10.7. The number of allylic oxidation sites excluding steroid dienone is 1. The summed E-state index contributed by atoms with van der Waals surface area (Å²) in [6.45, 7) is 9.77. The van der Waals surface area contributed by atoms with E-state index in [-0.39, 0.29) is 23.7 Å². The Morgan fingerprint density at radius 1 is 1.15 bits per heavy atom. The fourth-order valence-electron chi connectivity index (χ4n) is 4.69. The molecule has 7 heteroatoms. The highest BCUT2D eigenvalue weighted by Crippen LogP contribution is 2.42. The average Bonchev–Trinajstić information content (AvgIpc) is 3.05. The maximum atomic E-state index is 13.1. The normalized spacial score (nSPS) is 18.2. The number of rotatable bonds is 6. The number of nitrogens with zero attached hydrogens (tertiary/aromatic N) is 2. The van der Waals surface area contributed by atoms with Gasteiger partial charge >= 0.3 is 6.03 Å². The average molecular weight is 480 g/mol. The van der Waals surface area contributed by atoms with Gasteiger partial charge in [-0.3, -0.25) is 9.69 Å². The van der Waals surface area contributed by atoms with Gasteiger partial charge in [-0.05, 0) is 62.6 Å². The molecule has 2 aliphatic rings. The van der Waals surface area contributed by atoms with Gasteiger partial charge in [0.25, 0.3) is 5.91 Å². The first-order valence-electron chi connectivity index (χ1n) is 11.4. The monoisotopic (exact) mass is 479 g/mol. The van der Waals surface area contributed by atoms with Crippen LogP contribution in [-0.2, 0) is 11.3 Å². The number of hydrogen-bond acceptors (Lipinski definition) is 4. The first-order valence-corrected chi connectivity index (χ1v) is 11.8. The third-order valence-corrected chi connectivity index (χ3v) is 6.54. The van der Waals surface area contributed by atoms with Gasteiger partial charge in [-0.25, -0.2) is 4.79 Å². The van der Waals surface area contributed by atoms with Crippen molar-refractivity contribution in [3.63, 3.8) is 0 Å². The van der Waals surface area contributed by atoms with E-state index in [1.807, 2.05) is 12.1 Å². The van der Waals surface area contributed by atoms with Crippen molar-refractivity contribution < 1.29 is 14.3 Å². The molecular formula is C27H30ClN3O3. The predicted molar refractivity (Wildman–Crippen MR) is 137 cm³/mol. The number of urea groups is 1. The molecule has 0 radical (unpaired) electrons. The van der Waals surface area contributed by atoms with E-state index in [1.165, 1.54) is 10.5 Å². The summed E-state index contributed by atoms with van der Waals surface area (Å²) in [5.74, 6) is 0.275. The minimum atomic E-state index is -0.449. The largest absolute Gasteiger partial charge is 0.496 e. The van der Waals surface area contributed by atoms with Crippen LogP contribution in [0.1, 0.15) is 50.8 Å². The van der Waals surface area contributed by atoms with Crippen molar-refractivity contribution in [2.75, 3.05) is 18.6 Å². The topological polar surface area (TPSA) is 61.9 Å².